The third kappa shape index (κ3) is 4.74. The van der Waals surface area contributed by atoms with Crippen molar-refractivity contribution in [2.75, 3.05) is 13.9 Å². The summed E-state index contributed by atoms with van der Waals surface area (Å²) >= 11 is 0. The number of hydrogen-bond acceptors (Lipinski definition) is 5. The number of methoxy groups -OCH3 is 1. The number of hydrogen-bond donors (Lipinski definition) is 0. The molecule has 0 amide bonds. The lowest BCUT2D eigenvalue weighted by Crippen LogP contribution is -2.50. The van der Waals surface area contributed by atoms with Crippen LogP contribution in [-0.2, 0) is 14.0 Å². The molecule has 0 bridgehead atoms. The lowest BCUT2D eigenvalue weighted by atomic mass is 9.78. The van der Waals surface area contributed by atoms with Crippen molar-refractivity contribution in [3.8, 4) is 11.5 Å². The van der Waals surface area contributed by atoms with Gasteiger partial charge in [0.1, 0.15) is 11.5 Å². The second-order valence-corrected chi connectivity index (χ2v) is 15.6. The van der Waals surface area contributed by atoms with E-state index in [9.17, 15) is 0 Å². The van der Waals surface area contributed by atoms with E-state index in [1.807, 2.05) is 45.9 Å². The van der Waals surface area contributed by atoms with E-state index < -0.39 is 26.6 Å². The van der Waals surface area contributed by atoms with Gasteiger partial charge in [0.25, 0.3) is 8.32 Å². The van der Waals surface area contributed by atoms with Gasteiger partial charge in [0.2, 0.25) is 0 Å². The molecule has 0 atom stereocenters. The third-order valence-electron chi connectivity index (χ3n) is 6.83. The normalized spacial score (nSPS) is 18.5. The van der Waals surface area contributed by atoms with Crippen LogP contribution in [0.4, 0.5) is 0 Å². The minimum Gasteiger partial charge on any atom is -0.543 e. The molecule has 1 saturated heterocycles. The second kappa shape index (κ2) is 9.23. The Bertz CT molecular complexity index is 680. The minimum atomic E-state index is -2.07. The molecule has 1 aliphatic heterocycles. The highest BCUT2D eigenvalue weighted by Gasteiger charge is 2.53. The highest BCUT2D eigenvalue weighted by molar-refractivity contribution is 6.78. The summed E-state index contributed by atoms with van der Waals surface area (Å²) in [4.78, 5) is 0. The summed E-state index contributed by atoms with van der Waals surface area (Å²) in [6.45, 7) is 22.1. The summed E-state index contributed by atoms with van der Waals surface area (Å²) in [6, 6.07) is 5.99. The van der Waals surface area contributed by atoms with E-state index >= 15 is 0 Å². The number of rotatable bonds is 9. The predicted octanol–water partition coefficient (Wildman–Crippen LogP) is 5.52. The molecule has 1 heterocycles. The van der Waals surface area contributed by atoms with Crippen molar-refractivity contribution < 1.29 is 23.2 Å². The molecule has 2 rings (SSSR count). The second-order valence-electron chi connectivity index (χ2n) is 10.3. The molecule has 5 nitrogen and oxygen atoms in total. The minimum absolute atomic E-state index is 0.150. The first kappa shape index (κ1) is 25.2. The Kier molecular flexibility index (Phi) is 7.77. The first-order valence-corrected chi connectivity index (χ1v) is 13.2. The fourth-order valence-electron chi connectivity index (χ4n) is 4.55. The number of ether oxygens (including phenoxy) is 2. The van der Waals surface area contributed by atoms with Gasteiger partial charge >= 0.3 is 7.12 Å². The monoisotopic (exact) mass is 436 g/mol. The van der Waals surface area contributed by atoms with Gasteiger partial charge in [-0.1, -0.05) is 47.6 Å². The molecule has 0 unspecified atom stereocenters. The van der Waals surface area contributed by atoms with Crippen LogP contribution < -0.4 is 14.6 Å². The van der Waals surface area contributed by atoms with Crippen molar-refractivity contribution in [1.82, 2.24) is 0 Å². The lowest BCUT2D eigenvalue weighted by molar-refractivity contribution is 0.00578. The summed E-state index contributed by atoms with van der Waals surface area (Å²) in [5, 5.41) is 0. The Morgan fingerprint density at radius 1 is 0.900 bits per heavy atom. The van der Waals surface area contributed by atoms with Gasteiger partial charge in [0.15, 0.2) is 6.79 Å². The summed E-state index contributed by atoms with van der Waals surface area (Å²) in [5.41, 5.74) is 1.49. The van der Waals surface area contributed by atoms with Gasteiger partial charge in [-0.2, -0.15) is 0 Å². The van der Waals surface area contributed by atoms with E-state index in [2.05, 4.69) is 41.5 Å². The van der Waals surface area contributed by atoms with E-state index in [0.717, 1.165) is 11.2 Å². The largest absolute Gasteiger partial charge is 0.543 e. The van der Waals surface area contributed by atoms with E-state index in [-0.39, 0.29) is 6.79 Å². The van der Waals surface area contributed by atoms with Crippen molar-refractivity contribution in [2.24, 2.45) is 0 Å². The fourth-order valence-corrected chi connectivity index (χ4v) is 9.79. The van der Waals surface area contributed by atoms with Crippen LogP contribution in [-0.4, -0.2) is 40.5 Å². The summed E-state index contributed by atoms with van der Waals surface area (Å²) in [5.74, 6) is 1.51. The predicted molar refractivity (Wildman–Crippen MR) is 126 cm³/mol. The smallest absolute Gasteiger partial charge is 0.498 e. The van der Waals surface area contributed by atoms with Gasteiger partial charge in [-0.25, -0.2) is 0 Å². The molecule has 1 aromatic rings. The Morgan fingerprint density at radius 2 is 1.40 bits per heavy atom. The zero-order valence-corrected chi connectivity index (χ0v) is 21.8. The molecule has 1 fully saturated rings. The average molecular weight is 436 g/mol. The molecule has 30 heavy (non-hydrogen) atoms. The first-order chi connectivity index (χ1) is 13.8. The third-order valence-corrected chi connectivity index (χ3v) is 12.8. The van der Waals surface area contributed by atoms with Crippen LogP contribution in [0.2, 0.25) is 16.6 Å². The Hall–Kier alpha value is -1.02. The molecule has 0 radical (unpaired) electrons. The molecule has 0 spiro atoms. The standard InChI is InChI=1S/C23H41BO5Si/c1-16(2)30(17(3)4,18(5)6)27-19-12-13-20(21(14-19)26-15-25-11)24-28-22(7,8)23(9,10)29-24/h12-14,16-18H,15H2,1-11H3. The van der Waals surface area contributed by atoms with Gasteiger partial charge < -0.3 is 23.2 Å². The van der Waals surface area contributed by atoms with Crippen LogP contribution in [0.3, 0.4) is 0 Å². The zero-order valence-electron chi connectivity index (χ0n) is 20.8. The Balaban J connectivity index is 2.43. The quantitative estimate of drug-likeness (QED) is 0.377. The van der Waals surface area contributed by atoms with Crippen LogP contribution in [0.25, 0.3) is 0 Å². The molecule has 170 valence electrons. The molecule has 0 N–H and O–H groups in total. The molecule has 0 aliphatic carbocycles. The topological polar surface area (TPSA) is 46.2 Å². The molecule has 0 aromatic heterocycles. The maximum absolute atomic E-state index is 6.84. The molecule has 7 heteroatoms. The van der Waals surface area contributed by atoms with Gasteiger partial charge in [-0.3, -0.25) is 0 Å². The first-order valence-electron chi connectivity index (χ1n) is 11.1. The fraction of sp³-hybridized carbons (Fsp3) is 0.739. The Morgan fingerprint density at radius 3 is 1.83 bits per heavy atom. The SMILES string of the molecule is COCOc1cc(O[Si](C(C)C)(C(C)C)C(C)C)ccc1B1OC(C)(C)C(C)(C)O1. The van der Waals surface area contributed by atoms with Crippen LogP contribution in [0.15, 0.2) is 18.2 Å². The van der Waals surface area contributed by atoms with Crippen molar-refractivity contribution in [2.45, 2.75) is 97.1 Å². The van der Waals surface area contributed by atoms with E-state index in [4.69, 9.17) is 23.2 Å². The zero-order chi connectivity index (χ0) is 22.9. The molecular weight excluding hydrogens is 395 g/mol. The van der Waals surface area contributed by atoms with Crippen LogP contribution in [0.5, 0.6) is 11.5 Å². The summed E-state index contributed by atoms with van der Waals surface area (Å²) in [7, 11) is -0.954. The highest BCUT2D eigenvalue weighted by atomic mass is 28.4. The molecule has 1 aliphatic rings. The van der Waals surface area contributed by atoms with Gasteiger partial charge in [-0.15, -0.1) is 0 Å². The van der Waals surface area contributed by atoms with Crippen molar-refractivity contribution in [3.63, 3.8) is 0 Å². The van der Waals surface area contributed by atoms with Crippen LogP contribution >= 0.6 is 0 Å². The van der Waals surface area contributed by atoms with Gasteiger partial charge in [-0.05, 0) is 50.4 Å². The van der Waals surface area contributed by atoms with Crippen molar-refractivity contribution in [1.29, 1.82) is 0 Å². The Labute approximate surface area is 185 Å². The van der Waals surface area contributed by atoms with E-state index in [1.165, 1.54) is 0 Å². The van der Waals surface area contributed by atoms with Crippen molar-refractivity contribution >= 4 is 20.9 Å². The van der Waals surface area contributed by atoms with E-state index in [1.54, 1.807) is 7.11 Å². The maximum Gasteiger partial charge on any atom is 0.498 e. The summed E-state index contributed by atoms with van der Waals surface area (Å²) in [6.07, 6.45) is 0. The average Bonchev–Trinajstić information content (AvgIpc) is 2.84. The molecular formula is C23H41BO5Si. The van der Waals surface area contributed by atoms with Crippen LogP contribution in [0, 0.1) is 0 Å². The number of benzene rings is 1. The van der Waals surface area contributed by atoms with Gasteiger partial charge in [0, 0.05) is 18.6 Å². The van der Waals surface area contributed by atoms with E-state index in [0.29, 0.717) is 22.4 Å². The van der Waals surface area contributed by atoms with Crippen LogP contribution in [0.1, 0.15) is 69.2 Å². The maximum atomic E-state index is 6.84. The summed E-state index contributed by atoms with van der Waals surface area (Å²) < 4.78 is 30.4. The molecule has 1 aromatic carbocycles. The highest BCUT2D eigenvalue weighted by Crippen LogP contribution is 2.43. The van der Waals surface area contributed by atoms with Gasteiger partial charge in [0.05, 0.1) is 11.2 Å². The lowest BCUT2D eigenvalue weighted by Gasteiger charge is -2.42. The molecule has 0 saturated carbocycles. The van der Waals surface area contributed by atoms with Crippen molar-refractivity contribution in [3.05, 3.63) is 18.2 Å².